The van der Waals surface area contributed by atoms with E-state index >= 15 is 9.59 Å². The van der Waals surface area contributed by atoms with Crippen molar-refractivity contribution >= 4 is 17.1 Å². The average molecular weight is 1140 g/mol. The molecule has 1 unspecified atom stereocenters. The molecule has 2 aliphatic rings. The lowest BCUT2D eigenvalue weighted by atomic mass is 9.69. The summed E-state index contributed by atoms with van der Waals surface area (Å²) >= 11 is 0. The number of benzene rings is 11. The molecule has 13 aromatic rings. The van der Waals surface area contributed by atoms with E-state index in [0.717, 1.165) is 100 Å². The van der Waals surface area contributed by atoms with Crippen LogP contribution in [0.1, 0.15) is 73.5 Å². The zero-order valence-corrected chi connectivity index (χ0v) is 48.7. The molecule has 0 saturated heterocycles. The van der Waals surface area contributed by atoms with Crippen LogP contribution in [0.15, 0.2) is 291 Å². The lowest BCUT2D eigenvalue weighted by Crippen LogP contribution is -2.27. The largest absolute Gasteiger partial charge is 0.289 e. The molecule has 0 saturated carbocycles. The Balaban J connectivity index is 0.985. The van der Waals surface area contributed by atoms with Crippen molar-refractivity contribution < 1.29 is 9.59 Å². The van der Waals surface area contributed by atoms with Crippen molar-refractivity contribution in [3.63, 3.8) is 0 Å². The summed E-state index contributed by atoms with van der Waals surface area (Å²) in [6.45, 7) is 4.02. The molecule has 15 rings (SSSR count). The van der Waals surface area contributed by atoms with Crippen molar-refractivity contribution in [2.75, 3.05) is 0 Å². The second-order valence-electron chi connectivity index (χ2n) is 22.3. The molecule has 0 fully saturated rings. The highest BCUT2D eigenvalue weighted by atomic mass is 16.1. The smallest absolute Gasteiger partial charge is 0.193 e. The summed E-state index contributed by atoms with van der Waals surface area (Å²) in [4.78, 5) is 61.7. The Morgan fingerprint density at radius 1 is 0.281 bits per heavy atom. The topological polar surface area (TPSA) is 111 Å². The number of carbonyl (C=O) groups is 2. The Hall–Kier alpha value is -11.7. The van der Waals surface area contributed by atoms with Gasteiger partial charge in [0, 0.05) is 55.6 Å². The van der Waals surface area contributed by atoms with Crippen LogP contribution in [-0.2, 0) is 5.41 Å². The fraction of sp³-hybridized carbons (Fsp3) is 0.0370. The molecule has 8 heteroatoms. The second kappa shape index (κ2) is 22.6. The predicted molar refractivity (Wildman–Crippen MR) is 356 cm³/mol. The molecule has 8 nitrogen and oxygen atoms in total. The first kappa shape index (κ1) is 53.9. The maximum atomic E-state index is 15.3. The van der Waals surface area contributed by atoms with E-state index in [1.165, 1.54) is 0 Å². The van der Waals surface area contributed by atoms with Crippen LogP contribution in [0.2, 0.25) is 0 Å². The molecular weight excluding hydrogens is 1090 g/mol. The number of hydrogen-bond acceptors (Lipinski definition) is 8. The predicted octanol–water partition coefficient (Wildman–Crippen LogP) is 18.5. The number of ketones is 2. The van der Waals surface area contributed by atoms with Gasteiger partial charge in [-0.05, 0) is 105 Å². The Labute approximate surface area is 516 Å². The van der Waals surface area contributed by atoms with Crippen molar-refractivity contribution in [1.82, 2.24) is 29.9 Å². The van der Waals surface area contributed by atoms with Crippen LogP contribution >= 0.6 is 0 Å². The van der Waals surface area contributed by atoms with E-state index in [-0.39, 0.29) is 11.6 Å². The number of nitrogens with zero attached hydrogens (tertiary/aromatic N) is 6. The van der Waals surface area contributed by atoms with Gasteiger partial charge in [-0.25, -0.2) is 29.9 Å². The quantitative estimate of drug-likeness (QED) is 0.0829. The summed E-state index contributed by atoms with van der Waals surface area (Å²) < 4.78 is 0. The minimum Gasteiger partial charge on any atom is -0.289 e. The molecule has 0 aliphatic heterocycles. The van der Waals surface area contributed by atoms with Gasteiger partial charge in [0.05, 0.1) is 5.41 Å². The van der Waals surface area contributed by atoms with Crippen LogP contribution in [0.25, 0.3) is 107 Å². The van der Waals surface area contributed by atoms with Crippen LogP contribution in [0.4, 0.5) is 0 Å². The first-order chi connectivity index (χ1) is 43.8. The Bertz CT molecular complexity index is 4720. The number of carbonyl (C=O) groups excluding carboxylic acids is 2. The number of rotatable bonds is 13. The molecule has 0 radical (unpaired) electrons. The number of hydrogen-bond donors (Lipinski definition) is 0. The zero-order valence-electron chi connectivity index (χ0n) is 48.7. The van der Waals surface area contributed by atoms with E-state index in [4.69, 9.17) is 29.9 Å². The molecule has 11 aromatic carbocycles. The van der Waals surface area contributed by atoms with E-state index in [1.54, 1.807) is 0 Å². The van der Waals surface area contributed by atoms with Gasteiger partial charge in [0.25, 0.3) is 0 Å². The maximum Gasteiger partial charge on any atom is 0.193 e. The minimum atomic E-state index is -1.16. The monoisotopic (exact) mass is 1140 g/mol. The van der Waals surface area contributed by atoms with Gasteiger partial charge in [-0.3, -0.25) is 9.59 Å². The molecular formula is C81H54N6O2. The van der Waals surface area contributed by atoms with E-state index in [9.17, 15) is 0 Å². The Kier molecular flexibility index (Phi) is 13.7. The summed E-state index contributed by atoms with van der Waals surface area (Å²) in [5.41, 5.74) is 17.6. The molecule has 89 heavy (non-hydrogen) atoms. The van der Waals surface area contributed by atoms with Crippen molar-refractivity contribution in [2.45, 2.75) is 19.3 Å². The normalized spacial score (nSPS) is 13.7. The molecule has 2 heterocycles. The van der Waals surface area contributed by atoms with Crippen molar-refractivity contribution in [3.8, 4) is 102 Å². The van der Waals surface area contributed by atoms with Crippen molar-refractivity contribution in [2.24, 2.45) is 0 Å². The van der Waals surface area contributed by atoms with Gasteiger partial charge in [-0.15, -0.1) is 0 Å². The van der Waals surface area contributed by atoms with E-state index in [0.29, 0.717) is 57.2 Å². The summed E-state index contributed by atoms with van der Waals surface area (Å²) in [5.74, 6) is 2.90. The lowest BCUT2D eigenvalue weighted by molar-refractivity contribution is 0.103. The fourth-order valence-electron chi connectivity index (χ4n) is 12.8. The summed E-state index contributed by atoms with van der Waals surface area (Å²) in [6.07, 6.45) is 6.15. The van der Waals surface area contributed by atoms with Crippen LogP contribution in [0.5, 0.6) is 0 Å². The van der Waals surface area contributed by atoms with Crippen LogP contribution in [-0.4, -0.2) is 41.5 Å². The summed E-state index contributed by atoms with van der Waals surface area (Å²) in [5, 5.41) is 0. The molecule has 2 aromatic heterocycles. The first-order valence-electron chi connectivity index (χ1n) is 29.8. The van der Waals surface area contributed by atoms with Gasteiger partial charge in [0.15, 0.2) is 46.5 Å². The third-order valence-corrected chi connectivity index (χ3v) is 17.1. The second-order valence-corrected chi connectivity index (χ2v) is 22.3. The molecule has 1 atom stereocenters. The number of aromatic nitrogens is 6. The van der Waals surface area contributed by atoms with Gasteiger partial charge in [0.1, 0.15) is 0 Å². The molecule has 0 bridgehead atoms. The first-order valence-corrected chi connectivity index (χ1v) is 29.8. The Morgan fingerprint density at radius 2 is 0.551 bits per heavy atom. The van der Waals surface area contributed by atoms with Crippen LogP contribution in [0.3, 0.4) is 0 Å². The standard InChI is InChI=1S/C81H54N6O2/c1-3-20-51(4-2)53-31-35-55(36-32-53)73(88)61-39-43-65-67-45-41-63(79-84-75(57-23-12-6-13-24-57)82-76(85-79)58-25-14-7-15-26-58)49-71(67)81(69(65)47-61)70-48-62(74(89)56-37-33-54(34-38-56)52-21-10-5-11-22-52)40-44-66(70)68-46-42-64(50-72(68)81)80-86-77(59-27-16-8-17-28-59)83-78(87-80)60-29-18-9-19-30-60/h3-50H,1-2H3/b20-3-,51-4+. The van der Waals surface area contributed by atoms with Crippen LogP contribution in [0, 0.1) is 0 Å². The van der Waals surface area contributed by atoms with Crippen molar-refractivity contribution in [1.29, 1.82) is 0 Å². The van der Waals surface area contributed by atoms with E-state index in [1.807, 2.05) is 220 Å². The van der Waals surface area contributed by atoms with Crippen LogP contribution < -0.4 is 0 Å². The molecule has 2 aliphatic carbocycles. The Morgan fingerprint density at radius 3 is 0.899 bits per heavy atom. The molecule has 0 N–H and O–H groups in total. The van der Waals surface area contributed by atoms with Gasteiger partial charge < -0.3 is 0 Å². The van der Waals surface area contributed by atoms with Gasteiger partial charge >= 0.3 is 0 Å². The molecule has 0 amide bonds. The van der Waals surface area contributed by atoms with Gasteiger partial charge in [-0.2, -0.15) is 0 Å². The number of fused-ring (bicyclic) bond motifs is 10. The van der Waals surface area contributed by atoms with E-state index in [2.05, 4.69) is 84.9 Å². The highest BCUT2D eigenvalue weighted by molar-refractivity contribution is 6.12. The zero-order chi connectivity index (χ0) is 60.0. The lowest BCUT2D eigenvalue weighted by Gasteiger charge is -2.31. The minimum absolute atomic E-state index is 0.117. The van der Waals surface area contributed by atoms with Gasteiger partial charge in [0.2, 0.25) is 0 Å². The average Bonchev–Trinajstić information content (AvgIpc) is 1.51. The maximum absolute atomic E-state index is 15.3. The molecule has 420 valence electrons. The third kappa shape index (κ3) is 9.60. The molecule has 1 spiro atoms. The fourth-order valence-corrected chi connectivity index (χ4v) is 12.8. The highest BCUT2D eigenvalue weighted by Gasteiger charge is 2.53. The van der Waals surface area contributed by atoms with Gasteiger partial charge in [-0.1, -0.05) is 267 Å². The highest BCUT2D eigenvalue weighted by Crippen LogP contribution is 2.64. The SMILES string of the molecule is C/C=C\C(=C/C)c1ccc(C(=O)c2ccc3c(c2)C2(c4cc(C(=O)c5ccc(-c6ccccc6)cc5)ccc4-c4ccc(-c5nc(-c6ccccc6)nc(-c6ccccc6)n5)cc42)c2cc(-c4nc(-c5ccccc5)nc(-c5ccccc5)n4)ccc2-3)cc1. The van der Waals surface area contributed by atoms with Crippen molar-refractivity contribution in [3.05, 3.63) is 341 Å². The number of allylic oxidation sites excluding steroid dienone is 4. The summed E-state index contributed by atoms with van der Waals surface area (Å²) in [7, 11) is 0. The third-order valence-electron chi connectivity index (χ3n) is 17.1. The van der Waals surface area contributed by atoms with E-state index < -0.39 is 5.41 Å². The summed E-state index contributed by atoms with van der Waals surface area (Å²) in [6, 6.07) is 90.9.